The molecule has 8 nitrogen and oxygen atoms in total. The third kappa shape index (κ3) is 5.19. The monoisotopic (exact) mass is 260 g/mol. The van der Waals surface area contributed by atoms with Crippen molar-refractivity contribution in [2.45, 2.75) is 0 Å². The molecule has 0 aromatic heterocycles. The molecule has 0 spiro atoms. The van der Waals surface area contributed by atoms with E-state index in [1.807, 2.05) is 0 Å². The van der Waals surface area contributed by atoms with Crippen molar-refractivity contribution in [3.8, 4) is 0 Å². The largest absolute Gasteiger partial charge is 0.465 e. The Kier molecular flexibility index (Phi) is 6.23. The number of nitrogens with one attached hydrogen (secondary N) is 2. The van der Waals surface area contributed by atoms with Crippen LogP contribution in [0.2, 0.25) is 0 Å². The highest BCUT2D eigenvalue weighted by atomic mass is 16.4. The van der Waals surface area contributed by atoms with Crippen molar-refractivity contribution < 1.29 is 19.8 Å². The smallest absolute Gasteiger partial charge is 0.407 e. The van der Waals surface area contributed by atoms with Gasteiger partial charge in [0.25, 0.3) is 0 Å². The molecule has 0 aromatic carbocycles. The minimum Gasteiger partial charge on any atom is -0.465 e. The molecule has 0 aromatic rings. The van der Waals surface area contributed by atoms with E-state index in [9.17, 15) is 9.59 Å². The summed E-state index contributed by atoms with van der Waals surface area (Å²) in [7, 11) is 0. The Labute approximate surface area is 106 Å². The maximum atomic E-state index is 10.9. The first-order valence-electron chi connectivity index (χ1n) is 5.98. The molecule has 0 saturated carbocycles. The second-order valence-electron chi connectivity index (χ2n) is 4.04. The van der Waals surface area contributed by atoms with Crippen LogP contribution < -0.4 is 10.6 Å². The summed E-state index contributed by atoms with van der Waals surface area (Å²) in [4.78, 5) is 24.5. The molecule has 1 fully saturated rings. The van der Waals surface area contributed by atoms with Gasteiger partial charge in [-0.05, 0) is 0 Å². The molecular formula is C10H20N4O4. The zero-order valence-corrected chi connectivity index (χ0v) is 10.3. The summed E-state index contributed by atoms with van der Waals surface area (Å²) in [6.07, 6.45) is -1.86. The summed E-state index contributed by atoms with van der Waals surface area (Å²) in [5.74, 6) is 0. The third-order valence-corrected chi connectivity index (χ3v) is 2.78. The molecule has 4 N–H and O–H groups in total. The summed E-state index contributed by atoms with van der Waals surface area (Å²) in [6.45, 7) is 3.74. The van der Waals surface area contributed by atoms with Crippen LogP contribution in [0.15, 0.2) is 0 Å². The highest BCUT2D eigenvalue weighted by Crippen LogP contribution is 1.91. The van der Waals surface area contributed by atoms with Gasteiger partial charge >= 0.3 is 12.2 Å². The van der Waals surface area contributed by atoms with E-state index in [4.69, 9.17) is 10.2 Å². The van der Waals surface area contributed by atoms with E-state index >= 15 is 0 Å². The Hall–Kier alpha value is -1.54. The normalized spacial score (nSPS) is 19.8. The van der Waals surface area contributed by atoms with Gasteiger partial charge in [-0.15, -0.1) is 0 Å². The van der Waals surface area contributed by atoms with Crippen molar-refractivity contribution in [2.75, 3.05) is 52.4 Å². The lowest BCUT2D eigenvalue weighted by molar-refractivity contribution is 0.140. The van der Waals surface area contributed by atoms with Crippen LogP contribution in [0.25, 0.3) is 0 Å². The van der Waals surface area contributed by atoms with Crippen LogP contribution >= 0.6 is 0 Å². The predicted octanol–water partition coefficient (Wildman–Crippen LogP) is -0.861. The Morgan fingerprint density at radius 3 is 1.22 bits per heavy atom. The summed E-state index contributed by atoms with van der Waals surface area (Å²) in [5, 5.41) is 24.0. The van der Waals surface area contributed by atoms with E-state index in [2.05, 4.69) is 10.6 Å². The lowest BCUT2D eigenvalue weighted by Gasteiger charge is -2.23. The van der Waals surface area contributed by atoms with Gasteiger partial charge < -0.3 is 30.6 Å². The fraction of sp³-hybridized carbons (Fsp3) is 0.800. The summed E-state index contributed by atoms with van der Waals surface area (Å²) < 4.78 is 0. The Balaban J connectivity index is 2.42. The number of amides is 2. The Morgan fingerprint density at radius 2 is 1.00 bits per heavy atom. The fourth-order valence-corrected chi connectivity index (χ4v) is 1.71. The maximum Gasteiger partial charge on any atom is 0.407 e. The van der Waals surface area contributed by atoms with Gasteiger partial charge in [0.2, 0.25) is 0 Å². The molecule has 0 radical (unpaired) electrons. The maximum absolute atomic E-state index is 10.9. The molecule has 0 atom stereocenters. The molecule has 1 aliphatic heterocycles. The molecule has 104 valence electrons. The van der Waals surface area contributed by atoms with Crippen molar-refractivity contribution >= 4 is 12.2 Å². The predicted molar refractivity (Wildman–Crippen MR) is 64.9 cm³/mol. The van der Waals surface area contributed by atoms with Crippen LogP contribution in [-0.2, 0) is 0 Å². The quantitative estimate of drug-likeness (QED) is 0.452. The highest BCUT2D eigenvalue weighted by molar-refractivity contribution is 5.65. The van der Waals surface area contributed by atoms with Gasteiger partial charge in [-0.1, -0.05) is 0 Å². The molecule has 1 aliphatic rings. The first-order chi connectivity index (χ1) is 8.61. The second-order valence-corrected chi connectivity index (χ2v) is 4.04. The van der Waals surface area contributed by atoms with Crippen molar-refractivity contribution in [3.63, 3.8) is 0 Å². The fourth-order valence-electron chi connectivity index (χ4n) is 1.71. The van der Waals surface area contributed by atoms with Gasteiger partial charge in [-0.2, -0.15) is 0 Å². The van der Waals surface area contributed by atoms with E-state index in [-0.39, 0.29) is 0 Å². The topological polar surface area (TPSA) is 105 Å². The minimum absolute atomic E-state index is 0.407. The minimum atomic E-state index is -0.928. The lowest BCUT2D eigenvalue weighted by atomic mass is 10.4. The average molecular weight is 260 g/mol. The van der Waals surface area contributed by atoms with E-state index in [0.29, 0.717) is 52.4 Å². The second kappa shape index (κ2) is 7.72. The molecule has 1 saturated heterocycles. The Bertz CT molecular complexity index is 247. The van der Waals surface area contributed by atoms with Crippen LogP contribution in [0.3, 0.4) is 0 Å². The third-order valence-electron chi connectivity index (χ3n) is 2.78. The zero-order chi connectivity index (χ0) is 13.4. The Morgan fingerprint density at radius 1 is 0.722 bits per heavy atom. The van der Waals surface area contributed by atoms with Crippen molar-refractivity contribution in [1.82, 2.24) is 20.4 Å². The highest BCUT2D eigenvalue weighted by Gasteiger charge is 2.13. The van der Waals surface area contributed by atoms with Gasteiger partial charge in [0, 0.05) is 52.4 Å². The van der Waals surface area contributed by atoms with Gasteiger partial charge in [0.1, 0.15) is 0 Å². The van der Waals surface area contributed by atoms with Gasteiger partial charge in [0.15, 0.2) is 0 Å². The van der Waals surface area contributed by atoms with Crippen LogP contribution in [0.1, 0.15) is 0 Å². The van der Waals surface area contributed by atoms with Crippen LogP contribution in [0, 0.1) is 0 Å². The van der Waals surface area contributed by atoms with Crippen molar-refractivity contribution in [1.29, 1.82) is 0 Å². The average Bonchev–Trinajstić information content (AvgIpc) is 2.28. The van der Waals surface area contributed by atoms with Gasteiger partial charge in [-0.25, -0.2) is 9.59 Å². The molecule has 0 aliphatic carbocycles. The van der Waals surface area contributed by atoms with E-state index in [1.54, 1.807) is 0 Å². The van der Waals surface area contributed by atoms with E-state index in [0.717, 1.165) is 0 Å². The molecule has 18 heavy (non-hydrogen) atoms. The molecule has 2 amide bonds. The number of rotatable bonds is 0. The van der Waals surface area contributed by atoms with Gasteiger partial charge in [-0.3, -0.25) is 0 Å². The molecule has 1 rings (SSSR count). The van der Waals surface area contributed by atoms with Crippen molar-refractivity contribution in [2.24, 2.45) is 0 Å². The van der Waals surface area contributed by atoms with E-state index < -0.39 is 12.2 Å². The zero-order valence-electron chi connectivity index (χ0n) is 10.3. The number of carboxylic acid groups (broad SMARTS) is 2. The standard InChI is InChI=1S/C10H20N4O4/c15-9(16)13-5-1-11-2-6-14(10(17)18)8-4-12-3-7-13/h11-12H,1-8H2,(H,15,16)(H,17,18). The van der Waals surface area contributed by atoms with Crippen molar-refractivity contribution in [3.05, 3.63) is 0 Å². The first kappa shape index (κ1) is 14.5. The SMILES string of the molecule is O=C(O)N1CCNCCN(C(=O)O)CCNCC1. The number of hydrogen-bond donors (Lipinski definition) is 4. The molecule has 0 bridgehead atoms. The molecule has 8 heteroatoms. The number of nitrogens with zero attached hydrogens (tertiary/aromatic N) is 2. The summed E-state index contributed by atoms with van der Waals surface area (Å²) in [6, 6.07) is 0. The van der Waals surface area contributed by atoms with Crippen LogP contribution in [-0.4, -0.2) is 84.6 Å². The van der Waals surface area contributed by atoms with E-state index in [1.165, 1.54) is 9.80 Å². The summed E-state index contributed by atoms with van der Waals surface area (Å²) >= 11 is 0. The van der Waals surface area contributed by atoms with Crippen LogP contribution in [0.4, 0.5) is 9.59 Å². The molecular weight excluding hydrogens is 240 g/mol. The van der Waals surface area contributed by atoms with Gasteiger partial charge in [0.05, 0.1) is 0 Å². The van der Waals surface area contributed by atoms with Crippen LogP contribution in [0.5, 0.6) is 0 Å². The number of hydrogen-bond acceptors (Lipinski definition) is 4. The lowest BCUT2D eigenvalue weighted by Crippen LogP contribution is -2.45. The molecule has 1 heterocycles. The number of carbonyl (C=O) groups is 2. The molecule has 0 unspecified atom stereocenters. The first-order valence-corrected chi connectivity index (χ1v) is 5.98. The summed E-state index contributed by atoms with van der Waals surface area (Å²) in [5.41, 5.74) is 0.